The van der Waals surface area contributed by atoms with Gasteiger partial charge in [0.2, 0.25) is 11.5 Å². The zero-order chi connectivity index (χ0) is 15.4. The highest BCUT2D eigenvalue weighted by molar-refractivity contribution is 5.92. The number of nitrogens with zero attached hydrogens (tertiary/aromatic N) is 1. The Hall–Kier alpha value is -2.11. The number of carbonyl (C=O) groups excluding carboxylic acids is 2. The number of H-pyrrole nitrogens is 1. The van der Waals surface area contributed by atoms with Gasteiger partial charge in [0.25, 0.3) is 5.91 Å². The molecule has 1 fully saturated rings. The van der Waals surface area contributed by atoms with Crippen LogP contribution in [0.5, 0.6) is 0 Å². The second-order valence-electron chi connectivity index (χ2n) is 5.66. The molecule has 2 rings (SSSR count). The third-order valence-electron chi connectivity index (χ3n) is 3.65. The molecule has 1 aliphatic rings. The van der Waals surface area contributed by atoms with E-state index in [2.05, 4.69) is 10.3 Å². The Morgan fingerprint density at radius 3 is 2.52 bits per heavy atom. The van der Waals surface area contributed by atoms with Crippen LogP contribution in [-0.4, -0.2) is 40.8 Å². The summed E-state index contributed by atoms with van der Waals surface area (Å²) in [6.45, 7) is 4.89. The molecule has 1 aliphatic heterocycles. The van der Waals surface area contributed by atoms with E-state index < -0.39 is 0 Å². The van der Waals surface area contributed by atoms with Gasteiger partial charge in [0.05, 0.1) is 0 Å². The first-order chi connectivity index (χ1) is 9.97. The average molecular weight is 291 g/mol. The molecule has 2 amide bonds. The maximum atomic E-state index is 12.3. The van der Waals surface area contributed by atoms with E-state index in [0.717, 1.165) is 12.8 Å². The number of piperidine rings is 1. The number of carbonyl (C=O) groups is 2. The second-order valence-corrected chi connectivity index (χ2v) is 5.66. The largest absolute Gasteiger partial charge is 0.353 e. The van der Waals surface area contributed by atoms with Gasteiger partial charge < -0.3 is 15.2 Å². The van der Waals surface area contributed by atoms with Crippen LogP contribution in [0.2, 0.25) is 0 Å². The summed E-state index contributed by atoms with van der Waals surface area (Å²) < 4.78 is 0. The van der Waals surface area contributed by atoms with Crippen LogP contribution in [0.15, 0.2) is 23.0 Å². The minimum absolute atomic E-state index is 0.0287. The van der Waals surface area contributed by atoms with Gasteiger partial charge in [-0.1, -0.05) is 19.9 Å². The van der Waals surface area contributed by atoms with Crippen molar-refractivity contribution < 1.29 is 9.59 Å². The van der Waals surface area contributed by atoms with E-state index in [4.69, 9.17) is 0 Å². The number of likely N-dealkylation sites (tertiary alicyclic amines) is 1. The highest BCUT2D eigenvalue weighted by atomic mass is 16.2. The first-order valence-electron chi connectivity index (χ1n) is 7.26. The minimum atomic E-state index is -0.278. The Bertz CT molecular complexity index is 572. The molecule has 2 heterocycles. The molecule has 1 aromatic rings. The fourth-order valence-corrected chi connectivity index (χ4v) is 2.34. The number of pyridine rings is 1. The van der Waals surface area contributed by atoms with Gasteiger partial charge >= 0.3 is 0 Å². The summed E-state index contributed by atoms with van der Waals surface area (Å²) in [6, 6.07) is 4.68. The number of amides is 2. The Labute approximate surface area is 123 Å². The number of aromatic nitrogens is 1. The fourth-order valence-electron chi connectivity index (χ4n) is 2.34. The Kier molecular flexibility index (Phi) is 4.77. The topological polar surface area (TPSA) is 82.3 Å². The lowest BCUT2D eigenvalue weighted by Gasteiger charge is -2.32. The molecule has 1 saturated heterocycles. The molecule has 0 aromatic carbocycles. The Morgan fingerprint density at radius 1 is 1.29 bits per heavy atom. The van der Waals surface area contributed by atoms with Gasteiger partial charge in [-0.25, -0.2) is 0 Å². The average Bonchev–Trinajstić information content (AvgIpc) is 2.47. The molecule has 0 aliphatic carbocycles. The van der Waals surface area contributed by atoms with Crippen LogP contribution in [0.3, 0.4) is 0 Å². The van der Waals surface area contributed by atoms with Crippen molar-refractivity contribution in [1.82, 2.24) is 15.2 Å². The lowest BCUT2D eigenvalue weighted by Crippen LogP contribution is -2.47. The van der Waals surface area contributed by atoms with Crippen molar-refractivity contribution in [3.8, 4) is 0 Å². The molecular weight excluding hydrogens is 270 g/mol. The summed E-state index contributed by atoms with van der Waals surface area (Å²) in [5.41, 5.74) is 0.0344. The molecule has 2 N–H and O–H groups in total. The van der Waals surface area contributed by atoms with Crippen molar-refractivity contribution in [1.29, 1.82) is 0 Å². The van der Waals surface area contributed by atoms with Gasteiger partial charge in [0, 0.05) is 31.1 Å². The van der Waals surface area contributed by atoms with Crippen molar-refractivity contribution in [2.24, 2.45) is 5.92 Å². The van der Waals surface area contributed by atoms with Gasteiger partial charge in [-0.15, -0.1) is 0 Å². The summed E-state index contributed by atoms with van der Waals surface area (Å²) in [4.78, 5) is 39.4. The van der Waals surface area contributed by atoms with Crippen LogP contribution in [0.1, 0.15) is 37.2 Å². The van der Waals surface area contributed by atoms with Crippen LogP contribution in [-0.2, 0) is 4.79 Å². The SMILES string of the molecule is CC(C)C(=O)NC1CCN(C(=O)c2cccc(=O)[nH]2)CC1. The normalized spacial score (nSPS) is 16.0. The zero-order valence-electron chi connectivity index (χ0n) is 12.4. The third kappa shape index (κ3) is 3.93. The van der Waals surface area contributed by atoms with Crippen LogP contribution < -0.4 is 10.9 Å². The van der Waals surface area contributed by atoms with Crippen molar-refractivity contribution in [3.05, 3.63) is 34.2 Å². The zero-order valence-corrected chi connectivity index (χ0v) is 12.4. The lowest BCUT2D eigenvalue weighted by molar-refractivity contribution is -0.124. The van der Waals surface area contributed by atoms with Crippen molar-refractivity contribution in [2.75, 3.05) is 13.1 Å². The molecule has 0 atom stereocenters. The quantitative estimate of drug-likeness (QED) is 0.862. The summed E-state index contributed by atoms with van der Waals surface area (Å²) in [7, 11) is 0. The first-order valence-corrected chi connectivity index (χ1v) is 7.26. The van der Waals surface area contributed by atoms with Gasteiger partial charge in [0.15, 0.2) is 0 Å². The maximum Gasteiger partial charge on any atom is 0.270 e. The molecule has 6 heteroatoms. The van der Waals surface area contributed by atoms with Crippen LogP contribution in [0.25, 0.3) is 0 Å². The van der Waals surface area contributed by atoms with E-state index in [-0.39, 0.29) is 29.3 Å². The molecule has 0 saturated carbocycles. The predicted molar refractivity (Wildman–Crippen MR) is 79.0 cm³/mol. The number of rotatable bonds is 3. The van der Waals surface area contributed by atoms with Gasteiger partial charge in [-0.2, -0.15) is 0 Å². The van der Waals surface area contributed by atoms with E-state index in [0.29, 0.717) is 18.8 Å². The molecule has 0 spiro atoms. The maximum absolute atomic E-state index is 12.3. The van der Waals surface area contributed by atoms with E-state index in [1.807, 2.05) is 13.8 Å². The third-order valence-corrected chi connectivity index (χ3v) is 3.65. The molecular formula is C15H21N3O3. The molecule has 0 unspecified atom stereocenters. The minimum Gasteiger partial charge on any atom is -0.353 e. The van der Waals surface area contributed by atoms with E-state index in [1.54, 1.807) is 17.0 Å². The Morgan fingerprint density at radius 2 is 1.95 bits per heavy atom. The second kappa shape index (κ2) is 6.56. The fraction of sp³-hybridized carbons (Fsp3) is 0.533. The molecule has 1 aromatic heterocycles. The summed E-state index contributed by atoms with van der Waals surface area (Å²) in [5, 5.41) is 2.99. The van der Waals surface area contributed by atoms with E-state index in [1.165, 1.54) is 6.07 Å². The predicted octanol–water partition coefficient (Wildman–Crippen LogP) is 0.752. The van der Waals surface area contributed by atoms with Gasteiger partial charge in [0.1, 0.15) is 5.69 Å². The Balaban J connectivity index is 1.90. The van der Waals surface area contributed by atoms with Gasteiger partial charge in [-0.3, -0.25) is 14.4 Å². The lowest BCUT2D eigenvalue weighted by atomic mass is 10.0. The molecule has 6 nitrogen and oxygen atoms in total. The van der Waals surface area contributed by atoms with Crippen molar-refractivity contribution in [3.63, 3.8) is 0 Å². The number of hydrogen-bond acceptors (Lipinski definition) is 3. The van der Waals surface area contributed by atoms with Crippen LogP contribution in [0.4, 0.5) is 0 Å². The van der Waals surface area contributed by atoms with Crippen LogP contribution in [0, 0.1) is 5.92 Å². The monoisotopic (exact) mass is 291 g/mol. The summed E-state index contributed by atoms with van der Waals surface area (Å²) >= 11 is 0. The summed E-state index contributed by atoms with van der Waals surface area (Å²) in [6.07, 6.45) is 1.47. The number of hydrogen-bond donors (Lipinski definition) is 2. The summed E-state index contributed by atoms with van der Waals surface area (Å²) in [5.74, 6) is -0.146. The number of nitrogens with one attached hydrogen (secondary N) is 2. The van der Waals surface area contributed by atoms with E-state index in [9.17, 15) is 14.4 Å². The smallest absolute Gasteiger partial charge is 0.270 e. The molecule has 0 bridgehead atoms. The number of aromatic amines is 1. The molecule has 114 valence electrons. The van der Waals surface area contributed by atoms with E-state index >= 15 is 0 Å². The van der Waals surface area contributed by atoms with Gasteiger partial charge in [-0.05, 0) is 18.9 Å². The highest BCUT2D eigenvalue weighted by Crippen LogP contribution is 2.13. The molecule has 0 radical (unpaired) electrons. The van der Waals surface area contributed by atoms with Crippen molar-refractivity contribution >= 4 is 11.8 Å². The van der Waals surface area contributed by atoms with Crippen LogP contribution >= 0.6 is 0 Å². The highest BCUT2D eigenvalue weighted by Gasteiger charge is 2.25. The molecule has 21 heavy (non-hydrogen) atoms. The first kappa shape index (κ1) is 15.3. The standard InChI is InChI=1S/C15H21N3O3/c1-10(2)14(20)16-11-6-8-18(9-7-11)15(21)12-4-3-5-13(19)17-12/h3-5,10-11H,6-9H2,1-2H3,(H,16,20)(H,17,19). The van der Waals surface area contributed by atoms with Crippen molar-refractivity contribution in [2.45, 2.75) is 32.7 Å².